The van der Waals surface area contributed by atoms with Gasteiger partial charge in [-0.25, -0.2) is 13.6 Å². The maximum absolute atomic E-state index is 14.7. The van der Waals surface area contributed by atoms with Crippen molar-refractivity contribution in [2.75, 3.05) is 33.1 Å². The standard InChI is InChI=1S/C27H26F2N6O6S/c1-33(2)13-16-15-42(18-9-7-17(8-10-18)35(39)40)26(24(16)25(36)30-22-11-12-23(41-3)32-31-22)34(27(37)38)14-19-20(28)5-4-6-21(19)29/h4-12,15,42H,13-14H2,1-3H3,(H,37,38)(H,30,31,36). The van der Waals surface area contributed by atoms with Crippen LogP contribution in [0.3, 0.4) is 0 Å². The van der Waals surface area contributed by atoms with E-state index in [0.717, 1.165) is 23.1 Å². The average Bonchev–Trinajstić information content (AvgIpc) is 3.31. The fraction of sp³-hybridized carbons (Fsp3) is 0.185. The van der Waals surface area contributed by atoms with Crippen molar-refractivity contribution >= 4 is 34.4 Å². The number of carbonyl (C=O) groups excluding carboxylic acids is 1. The van der Waals surface area contributed by atoms with Crippen LogP contribution in [0.2, 0.25) is 0 Å². The Kier molecular flexibility index (Phi) is 9.12. The molecule has 220 valence electrons. The van der Waals surface area contributed by atoms with E-state index in [0.29, 0.717) is 10.5 Å². The van der Waals surface area contributed by atoms with Gasteiger partial charge in [0.1, 0.15) is 11.6 Å². The predicted molar refractivity (Wildman–Crippen MR) is 151 cm³/mol. The van der Waals surface area contributed by atoms with E-state index < -0.39 is 51.6 Å². The topological polar surface area (TPSA) is 151 Å². The number of ether oxygens (including phenoxy) is 1. The lowest BCUT2D eigenvalue weighted by molar-refractivity contribution is -0.384. The zero-order valence-electron chi connectivity index (χ0n) is 22.6. The van der Waals surface area contributed by atoms with E-state index in [4.69, 9.17) is 4.74 Å². The number of carbonyl (C=O) groups is 2. The second-order valence-corrected chi connectivity index (χ2v) is 11.2. The fourth-order valence-corrected chi connectivity index (χ4v) is 6.61. The Morgan fingerprint density at radius 3 is 2.24 bits per heavy atom. The van der Waals surface area contributed by atoms with Crippen LogP contribution in [-0.2, 0) is 11.3 Å². The molecule has 42 heavy (non-hydrogen) atoms. The third-order valence-electron chi connectivity index (χ3n) is 6.07. The molecule has 3 aromatic rings. The highest BCUT2D eigenvalue weighted by molar-refractivity contribution is 8.23. The summed E-state index contributed by atoms with van der Waals surface area (Å²) in [6, 6.07) is 11.5. The zero-order valence-corrected chi connectivity index (χ0v) is 23.5. The van der Waals surface area contributed by atoms with Crippen LogP contribution in [0.5, 0.6) is 5.88 Å². The Balaban J connectivity index is 1.90. The molecule has 12 nitrogen and oxygen atoms in total. The molecule has 0 saturated heterocycles. The van der Waals surface area contributed by atoms with Crippen LogP contribution in [0, 0.1) is 21.7 Å². The number of amides is 2. The van der Waals surface area contributed by atoms with Crippen molar-refractivity contribution < 1.29 is 33.1 Å². The molecule has 2 heterocycles. The summed E-state index contributed by atoms with van der Waals surface area (Å²) in [7, 11) is 3.11. The minimum atomic E-state index is -1.80. The molecule has 2 aromatic carbocycles. The first-order valence-corrected chi connectivity index (χ1v) is 13.7. The number of hydrogen-bond donors (Lipinski definition) is 3. The van der Waals surface area contributed by atoms with E-state index in [9.17, 15) is 33.6 Å². The molecule has 1 aliphatic heterocycles. The number of nitrogens with zero attached hydrogens (tertiary/aromatic N) is 5. The normalized spacial score (nSPS) is 15.4. The summed E-state index contributed by atoms with van der Waals surface area (Å²) in [5.74, 6) is -2.40. The van der Waals surface area contributed by atoms with Crippen LogP contribution in [0.4, 0.5) is 25.1 Å². The Hall–Kier alpha value is -4.89. The second-order valence-electron chi connectivity index (χ2n) is 9.22. The number of anilines is 1. The van der Waals surface area contributed by atoms with Gasteiger partial charge in [-0.05, 0) is 60.3 Å². The monoisotopic (exact) mass is 600 g/mol. The van der Waals surface area contributed by atoms with Gasteiger partial charge in [0.05, 0.1) is 29.2 Å². The summed E-state index contributed by atoms with van der Waals surface area (Å²) in [5, 5.41) is 33.6. The van der Waals surface area contributed by atoms with Crippen molar-refractivity contribution in [3.8, 4) is 5.88 Å². The molecule has 0 aliphatic carbocycles. The number of nitro groups is 1. The number of carboxylic acid groups (broad SMARTS) is 1. The minimum absolute atomic E-state index is 0.0233. The Morgan fingerprint density at radius 1 is 1.05 bits per heavy atom. The van der Waals surface area contributed by atoms with Gasteiger partial charge in [0.15, 0.2) is 5.82 Å². The van der Waals surface area contributed by atoms with Crippen LogP contribution in [0.25, 0.3) is 0 Å². The smallest absolute Gasteiger partial charge is 0.412 e. The minimum Gasteiger partial charge on any atom is -0.480 e. The number of rotatable bonds is 10. The summed E-state index contributed by atoms with van der Waals surface area (Å²) in [6.07, 6.45) is -1.56. The maximum atomic E-state index is 14.7. The van der Waals surface area contributed by atoms with Crippen LogP contribution in [0.15, 0.2) is 81.1 Å². The maximum Gasteiger partial charge on any atom is 0.412 e. The van der Waals surface area contributed by atoms with Crippen molar-refractivity contribution in [2.24, 2.45) is 0 Å². The van der Waals surface area contributed by atoms with Gasteiger partial charge in [0, 0.05) is 30.3 Å². The molecule has 1 atom stereocenters. The molecule has 0 fully saturated rings. The third kappa shape index (κ3) is 6.53. The van der Waals surface area contributed by atoms with Gasteiger partial charge in [0.25, 0.3) is 11.6 Å². The summed E-state index contributed by atoms with van der Waals surface area (Å²) in [6.45, 7) is -0.537. The van der Waals surface area contributed by atoms with E-state index in [2.05, 4.69) is 15.5 Å². The number of aromatic nitrogens is 2. The molecule has 2 amide bonds. The zero-order chi connectivity index (χ0) is 30.6. The Morgan fingerprint density at radius 2 is 1.71 bits per heavy atom. The fourth-order valence-electron chi connectivity index (χ4n) is 4.20. The van der Waals surface area contributed by atoms with Gasteiger partial charge in [0.2, 0.25) is 5.88 Å². The molecular weight excluding hydrogens is 574 g/mol. The highest BCUT2D eigenvalue weighted by Crippen LogP contribution is 2.55. The lowest BCUT2D eigenvalue weighted by Crippen LogP contribution is -2.32. The van der Waals surface area contributed by atoms with Crippen molar-refractivity contribution in [1.29, 1.82) is 0 Å². The molecule has 0 spiro atoms. The van der Waals surface area contributed by atoms with Gasteiger partial charge < -0.3 is 20.1 Å². The van der Waals surface area contributed by atoms with Crippen molar-refractivity contribution in [3.05, 3.63) is 103 Å². The van der Waals surface area contributed by atoms with Gasteiger partial charge in [-0.1, -0.05) is 6.07 Å². The quantitative estimate of drug-likeness (QED) is 0.173. The van der Waals surface area contributed by atoms with E-state index in [1.165, 1.54) is 43.5 Å². The van der Waals surface area contributed by atoms with Gasteiger partial charge in [-0.15, -0.1) is 10.2 Å². The predicted octanol–water partition coefficient (Wildman–Crippen LogP) is 4.52. The number of thiol groups is 1. The molecule has 2 N–H and O–H groups in total. The first-order valence-electron chi connectivity index (χ1n) is 12.3. The van der Waals surface area contributed by atoms with Crippen molar-refractivity contribution in [2.45, 2.75) is 11.4 Å². The molecule has 0 saturated carbocycles. The number of methoxy groups -OCH3 is 1. The lowest BCUT2D eigenvalue weighted by Gasteiger charge is -2.29. The van der Waals surface area contributed by atoms with Gasteiger partial charge in [-0.2, -0.15) is 10.9 Å². The molecule has 1 aliphatic rings. The molecule has 4 rings (SSSR count). The second kappa shape index (κ2) is 12.7. The number of non-ortho nitro benzene ring substituents is 1. The van der Waals surface area contributed by atoms with Crippen LogP contribution < -0.4 is 10.1 Å². The summed E-state index contributed by atoms with van der Waals surface area (Å²) in [4.78, 5) is 40.2. The number of halogens is 2. The van der Waals surface area contributed by atoms with Crippen LogP contribution >= 0.6 is 10.9 Å². The molecule has 0 radical (unpaired) electrons. The van der Waals surface area contributed by atoms with Crippen molar-refractivity contribution in [3.63, 3.8) is 0 Å². The van der Waals surface area contributed by atoms with Crippen LogP contribution in [0.1, 0.15) is 5.56 Å². The summed E-state index contributed by atoms with van der Waals surface area (Å²) < 4.78 is 34.4. The highest BCUT2D eigenvalue weighted by atomic mass is 32.2. The first-order chi connectivity index (χ1) is 20.0. The number of likely N-dealkylation sites (N-methyl/N-ethyl adjacent to an activating group) is 1. The number of nitrogens with one attached hydrogen (secondary N) is 1. The van der Waals surface area contributed by atoms with Crippen molar-refractivity contribution in [1.82, 2.24) is 20.0 Å². The Labute approximate surface area is 241 Å². The molecule has 1 unspecified atom stereocenters. The van der Waals surface area contributed by atoms with E-state index in [-0.39, 0.29) is 34.5 Å². The Bertz CT molecular complexity index is 1560. The van der Waals surface area contributed by atoms with E-state index in [1.54, 1.807) is 24.4 Å². The SMILES string of the molecule is COc1ccc(NC(=O)C2=C(N(Cc3c(F)cccc3F)C(=O)O)[SH](c3ccc([N+](=O)[O-])cc3)C=C2CN(C)C)nn1. The van der Waals surface area contributed by atoms with Gasteiger partial charge in [-0.3, -0.25) is 19.8 Å². The number of nitro benzene ring substituents is 1. The van der Waals surface area contributed by atoms with Gasteiger partial charge >= 0.3 is 6.09 Å². The van der Waals surface area contributed by atoms with Crippen LogP contribution in [-0.4, -0.2) is 69.8 Å². The molecular formula is C27H26F2N6O6S. The van der Waals surface area contributed by atoms with E-state index in [1.807, 2.05) is 0 Å². The highest BCUT2D eigenvalue weighted by Gasteiger charge is 2.37. The molecule has 15 heteroatoms. The van der Waals surface area contributed by atoms with E-state index >= 15 is 0 Å². The largest absolute Gasteiger partial charge is 0.480 e. The molecule has 1 aromatic heterocycles. The lowest BCUT2D eigenvalue weighted by atomic mass is 10.1. The first kappa shape index (κ1) is 30.1. The summed E-state index contributed by atoms with van der Waals surface area (Å²) >= 11 is 0. The number of hydrogen-bond acceptors (Lipinski definition) is 8. The summed E-state index contributed by atoms with van der Waals surface area (Å²) in [5.41, 5.74) is -0.285. The third-order valence-corrected chi connectivity index (χ3v) is 8.41. The average molecular weight is 601 g/mol. The molecule has 0 bridgehead atoms. The number of benzene rings is 2.